The molecule has 1 N–H and O–H groups in total. The number of aromatic nitrogens is 3. The van der Waals surface area contributed by atoms with Crippen LogP contribution in [0.25, 0.3) is 0 Å². The molecule has 29 heavy (non-hydrogen) atoms. The van der Waals surface area contributed by atoms with Crippen LogP contribution in [0.5, 0.6) is 0 Å². The molecule has 0 aliphatic carbocycles. The van der Waals surface area contributed by atoms with Gasteiger partial charge in [-0.15, -0.1) is 5.10 Å². The Morgan fingerprint density at radius 2 is 2.00 bits per heavy atom. The van der Waals surface area contributed by atoms with E-state index in [-0.39, 0.29) is 5.91 Å². The van der Waals surface area contributed by atoms with Crippen molar-refractivity contribution in [3.63, 3.8) is 0 Å². The lowest BCUT2D eigenvalue weighted by molar-refractivity contribution is 0.0345. The quantitative estimate of drug-likeness (QED) is 0.726. The molecule has 2 heterocycles. The van der Waals surface area contributed by atoms with Crippen molar-refractivity contribution in [3.8, 4) is 6.07 Å². The minimum atomic E-state index is -0.540. The third kappa shape index (κ3) is 4.18. The Morgan fingerprint density at radius 1 is 1.21 bits per heavy atom. The minimum absolute atomic E-state index is 0.137. The largest absolute Gasteiger partial charge is 0.381 e. The smallest absolute Gasteiger partial charge is 0.251 e. The van der Waals surface area contributed by atoms with E-state index in [9.17, 15) is 10.1 Å². The summed E-state index contributed by atoms with van der Waals surface area (Å²) >= 11 is 0. The van der Waals surface area contributed by atoms with Crippen LogP contribution < -0.4 is 5.32 Å². The van der Waals surface area contributed by atoms with Crippen LogP contribution >= 0.6 is 0 Å². The zero-order valence-electron chi connectivity index (χ0n) is 15.9. The Balaban J connectivity index is 1.54. The van der Waals surface area contributed by atoms with E-state index < -0.39 is 5.54 Å². The van der Waals surface area contributed by atoms with E-state index in [0.717, 1.165) is 11.1 Å². The lowest BCUT2D eigenvalue weighted by Crippen LogP contribution is -2.49. The van der Waals surface area contributed by atoms with Gasteiger partial charge >= 0.3 is 0 Å². The van der Waals surface area contributed by atoms with Gasteiger partial charge in [-0.05, 0) is 48.2 Å². The zero-order valence-corrected chi connectivity index (χ0v) is 15.9. The number of nitrogens with one attached hydrogen (secondary N) is 1. The molecule has 1 saturated heterocycles. The van der Waals surface area contributed by atoms with Crippen molar-refractivity contribution in [2.75, 3.05) is 13.2 Å². The van der Waals surface area contributed by atoms with Gasteiger partial charge in [-0.25, -0.2) is 4.68 Å². The summed E-state index contributed by atoms with van der Waals surface area (Å²) in [6.07, 6.45) is 4.76. The Bertz CT molecular complexity index is 1020. The highest BCUT2D eigenvalue weighted by Gasteiger charge is 2.36. The fourth-order valence-corrected chi connectivity index (χ4v) is 3.65. The molecule has 7 heteroatoms. The summed E-state index contributed by atoms with van der Waals surface area (Å²) in [5.41, 5.74) is 2.61. The van der Waals surface area contributed by atoms with Gasteiger partial charge < -0.3 is 10.1 Å². The van der Waals surface area contributed by atoms with E-state index in [1.165, 1.54) is 0 Å². The molecule has 0 radical (unpaired) electrons. The lowest BCUT2D eigenvalue weighted by Gasteiger charge is -2.38. The van der Waals surface area contributed by atoms with E-state index >= 15 is 0 Å². The number of rotatable bonds is 5. The fraction of sp³-hybridized carbons (Fsp3) is 0.273. The molecular formula is C22H21N5O2. The van der Waals surface area contributed by atoms with Crippen LogP contribution in [0.2, 0.25) is 0 Å². The summed E-state index contributed by atoms with van der Waals surface area (Å²) in [7, 11) is 0. The van der Waals surface area contributed by atoms with E-state index in [0.29, 0.717) is 43.7 Å². The fourth-order valence-electron chi connectivity index (χ4n) is 3.65. The maximum absolute atomic E-state index is 13.0. The Morgan fingerprint density at radius 3 is 2.69 bits per heavy atom. The van der Waals surface area contributed by atoms with E-state index in [4.69, 9.17) is 4.74 Å². The second-order valence-corrected chi connectivity index (χ2v) is 7.14. The SMILES string of the molecule is N#Cc1cccc(C2(NC(=O)c3ccc(Cn4ccnn4)cc3)CCOCC2)c1. The monoisotopic (exact) mass is 387 g/mol. The minimum Gasteiger partial charge on any atom is -0.381 e. The predicted octanol–water partition coefficient (Wildman–Crippen LogP) is 2.63. The third-order valence-corrected chi connectivity index (χ3v) is 5.28. The number of carbonyl (C=O) groups excluding carboxylic acids is 1. The molecule has 2 aromatic carbocycles. The van der Waals surface area contributed by atoms with Gasteiger partial charge in [0, 0.05) is 25.0 Å². The van der Waals surface area contributed by atoms with Gasteiger partial charge in [0.15, 0.2) is 0 Å². The molecule has 1 amide bonds. The first-order valence-electron chi connectivity index (χ1n) is 9.52. The highest BCUT2D eigenvalue weighted by atomic mass is 16.5. The number of amides is 1. The van der Waals surface area contributed by atoms with Crippen molar-refractivity contribution in [2.45, 2.75) is 24.9 Å². The number of nitrogens with zero attached hydrogens (tertiary/aromatic N) is 4. The maximum Gasteiger partial charge on any atom is 0.251 e. The molecule has 0 unspecified atom stereocenters. The van der Waals surface area contributed by atoms with Crippen molar-refractivity contribution in [1.29, 1.82) is 5.26 Å². The summed E-state index contributed by atoms with van der Waals surface area (Å²) in [5.74, 6) is -0.137. The third-order valence-electron chi connectivity index (χ3n) is 5.28. The highest BCUT2D eigenvalue weighted by molar-refractivity contribution is 5.94. The van der Waals surface area contributed by atoms with E-state index in [2.05, 4.69) is 21.7 Å². The normalized spacial score (nSPS) is 15.4. The van der Waals surface area contributed by atoms with Gasteiger partial charge in [0.2, 0.25) is 0 Å². The van der Waals surface area contributed by atoms with Gasteiger partial charge in [-0.3, -0.25) is 4.79 Å². The number of carbonyl (C=O) groups is 1. The van der Waals surface area contributed by atoms with Crippen LogP contribution in [0.3, 0.4) is 0 Å². The standard InChI is InChI=1S/C22H21N5O2/c23-15-18-2-1-3-20(14-18)22(8-12-29-13-9-22)25-21(28)19-6-4-17(5-7-19)16-27-11-10-24-26-27/h1-7,10-11,14H,8-9,12-13,16H2,(H,25,28). The molecule has 0 saturated carbocycles. The van der Waals surface area contributed by atoms with E-state index in [1.54, 1.807) is 23.1 Å². The summed E-state index contributed by atoms with van der Waals surface area (Å²) < 4.78 is 7.26. The molecule has 1 fully saturated rings. The van der Waals surface area contributed by atoms with Crippen LogP contribution in [0.1, 0.15) is 39.9 Å². The molecule has 4 rings (SSSR count). The molecule has 0 bridgehead atoms. The Hall–Kier alpha value is -3.50. The first kappa shape index (κ1) is 18.8. The first-order chi connectivity index (χ1) is 14.2. The summed E-state index contributed by atoms with van der Waals surface area (Å²) in [6, 6.07) is 17.1. The molecular weight excluding hydrogens is 366 g/mol. The van der Waals surface area contributed by atoms with Crippen LogP contribution in [0.15, 0.2) is 60.9 Å². The summed E-state index contributed by atoms with van der Waals surface area (Å²) in [6.45, 7) is 1.73. The average molecular weight is 387 g/mol. The predicted molar refractivity (Wildman–Crippen MR) is 106 cm³/mol. The van der Waals surface area contributed by atoms with Gasteiger partial charge in [0.1, 0.15) is 0 Å². The lowest BCUT2D eigenvalue weighted by atomic mass is 9.81. The van der Waals surface area contributed by atoms with Crippen LogP contribution in [-0.2, 0) is 16.8 Å². The average Bonchev–Trinajstić information content (AvgIpc) is 3.28. The Labute approximate surface area is 168 Å². The van der Waals surface area contributed by atoms with Crippen molar-refractivity contribution in [1.82, 2.24) is 20.3 Å². The van der Waals surface area contributed by atoms with Gasteiger partial charge in [-0.2, -0.15) is 5.26 Å². The maximum atomic E-state index is 13.0. The molecule has 1 aliphatic rings. The number of benzene rings is 2. The highest BCUT2D eigenvalue weighted by Crippen LogP contribution is 2.33. The zero-order chi connectivity index (χ0) is 20.1. The number of hydrogen-bond donors (Lipinski definition) is 1. The van der Waals surface area contributed by atoms with Gasteiger partial charge in [0.05, 0.1) is 29.9 Å². The molecule has 1 aliphatic heterocycles. The number of hydrogen-bond acceptors (Lipinski definition) is 5. The van der Waals surface area contributed by atoms with E-state index in [1.807, 2.05) is 42.5 Å². The number of nitriles is 1. The van der Waals surface area contributed by atoms with Gasteiger partial charge in [0.25, 0.3) is 5.91 Å². The Kier molecular flexibility index (Phi) is 5.36. The van der Waals surface area contributed by atoms with Crippen LogP contribution in [0, 0.1) is 11.3 Å². The molecule has 146 valence electrons. The van der Waals surface area contributed by atoms with Crippen molar-refractivity contribution in [2.24, 2.45) is 0 Å². The van der Waals surface area contributed by atoms with Crippen molar-refractivity contribution >= 4 is 5.91 Å². The first-order valence-corrected chi connectivity index (χ1v) is 9.52. The molecule has 1 aromatic heterocycles. The molecule has 0 atom stereocenters. The summed E-state index contributed by atoms with van der Waals surface area (Å²) in [5, 5.41) is 20.2. The van der Waals surface area contributed by atoms with Gasteiger partial charge in [-0.1, -0.05) is 29.5 Å². The summed E-state index contributed by atoms with van der Waals surface area (Å²) in [4.78, 5) is 13.0. The molecule has 7 nitrogen and oxygen atoms in total. The van der Waals surface area contributed by atoms with Crippen LogP contribution in [-0.4, -0.2) is 34.1 Å². The van der Waals surface area contributed by atoms with Crippen molar-refractivity contribution in [3.05, 3.63) is 83.2 Å². The topological polar surface area (TPSA) is 92.8 Å². The second-order valence-electron chi connectivity index (χ2n) is 7.14. The second kappa shape index (κ2) is 8.25. The van der Waals surface area contributed by atoms with Crippen LogP contribution in [0.4, 0.5) is 0 Å². The number of ether oxygens (including phenoxy) is 1. The van der Waals surface area contributed by atoms with Crippen molar-refractivity contribution < 1.29 is 9.53 Å². The molecule has 0 spiro atoms. The molecule has 3 aromatic rings.